The molecule has 2 rings (SSSR count). The summed E-state index contributed by atoms with van der Waals surface area (Å²) in [6.45, 7) is 3.56. The molecular formula is C17H23Br3O4. The van der Waals surface area contributed by atoms with E-state index in [1.807, 2.05) is 0 Å². The number of carbonyl (C=O) groups is 1. The highest BCUT2D eigenvalue weighted by Crippen LogP contribution is 2.38. The highest BCUT2D eigenvalue weighted by Gasteiger charge is 2.45. The predicted octanol–water partition coefficient (Wildman–Crippen LogP) is 3.96. The van der Waals surface area contributed by atoms with E-state index in [4.69, 9.17) is 20.6 Å². The van der Waals surface area contributed by atoms with E-state index in [0.717, 1.165) is 19.3 Å². The first-order chi connectivity index (χ1) is 11.3. The van der Waals surface area contributed by atoms with Crippen molar-refractivity contribution in [3.05, 3.63) is 0 Å². The fraction of sp³-hybridized carbons (Fsp3) is 0.824. The van der Waals surface area contributed by atoms with Crippen LogP contribution in [0.4, 0.5) is 0 Å². The van der Waals surface area contributed by atoms with Crippen LogP contribution in [0.1, 0.15) is 39.5 Å². The molecule has 24 heavy (non-hydrogen) atoms. The molecule has 4 nitrogen and oxygen atoms in total. The van der Waals surface area contributed by atoms with Gasteiger partial charge in [-0.2, -0.15) is 0 Å². The van der Waals surface area contributed by atoms with Crippen molar-refractivity contribution in [2.75, 3.05) is 0 Å². The molecule has 0 aliphatic carbocycles. The minimum absolute atomic E-state index is 0.0206. The van der Waals surface area contributed by atoms with Crippen LogP contribution in [0.25, 0.3) is 0 Å². The van der Waals surface area contributed by atoms with Crippen LogP contribution in [0.5, 0.6) is 0 Å². The predicted molar refractivity (Wildman–Crippen MR) is 104 cm³/mol. The molecular weight excluding hydrogens is 508 g/mol. The number of terminal acetylenes is 1. The molecule has 0 bridgehead atoms. The monoisotopic (exact) mass is 528 g/mol. The summed E-state index contributed by atoms with van der Waals surface area (Å²) in [7, 11) is 0. The lowest BCUT2D eigenvalue weighted by Gasteiger charge is -2.36. The number of carbonyl (C=O) groups excluding carboxylic acids is 1. The summed E-state index contributed by atoms with van der Waals surface area (Å²) in [6, 6.07) is 0. The summed E-state index contributed by atoms with van der Waals surface area (Å²) in [5.74, 6) is 2.40. The third-order valence-electron chi connectivity index (χ3n) is 4.50. The Morgan fingerprint density at radius 1 is 1.25 bits per heavy atom. The van der Waals surface area contributed by atoms with E-state index in [1.165, 1.54) is 6.92 Å². The number of fused-ring (bicyclic) bond motifs is 1. The standard InChI is InChI=1S/C17H23Br3O4/c1-4-10(18)13-6-12(20)15(22-9(3)21)8-17-16(23-13)7-14(24-17)11(19)5-2/h2,10-17H,4,6-8H2,1,3H3/t10-,11+,12-,13+,14+,15+,16-,17+/m0/s1. The zero-order chi connectivity index (χ0) is 17.9. The summed E-state index contributed by atoms with van der Waals surface area (Å²) in [5.41, 5.74) is 0. The Morgan fingerprint density at radius 3 is 2.46 bits per heavy atom. The van der Waals surface area contributed by atoms with Gasteiger partial charge in [0.2, 0.25) is 0 Å². The van der Waals surface area contributed by atoms with Gasteiger partial charge in [-0.3, -0.25) is 4.79 Å². The molecule has 2 saturated heterocycles. The lowest BCUT2D eigenvalue weighted by atomic mass is 9.96. The number of hydrogen-bond acceptors (Lipinski definition) is 4. The molecule has 0 N–H and O–H groups in total. The van der Waals surface area contributed by atoms with Crippen molar-refractivity contribution in [2.45, 2.75) is 84.5 Å². The first-order valence-corrected chi connectivity index (χ1v) is 11.0. The first-order valence-electron chi connectivity index (χ1n) is 8.22. The van der Waals surface area contributed by atoms with Crippen LogP contribution in [0.3, 0.4) is 0 Å². The molecule has 2 heterocycles. The van der Waals surface area contributed by atoms with Crippen molar-refractivity contribution in [1.29, 1.82) is 0 Å². The summed E-state index contributed by atoms with van der Waals surface area (Å²) < 4.78 is 18.1. The fourth-order valence-electron chi connectivity index (χ4n) is 3.26. The molecule has 0 aromatic rings. The van der Waals surface area contributed by atoms with E-state index >= 15 is 0 Å². The quantitative estimate of drug-likeness (QED) is 0.314. The summed E-state index contributed by atoms with van der Waals surface area (Å²) in [6.07, 6.45) is 8.09. The number of alkyl halides is 3. The zero-order valence-electron chi connectivity index (χ0n) is 13.8. The Labute approximate surface area is 169 Å². The largest absolute Gasteiger partial charge is 0.461 e. The molecule has 0 unspecified atom stereocenters. The topological polar surface area (TPSA) is 44.8 Å². The summed E-state index contributed by atoms with van der Waals surface area (Å²) in [5, 5.41) is 0. The molecule has 2 aliphatic heterocycles. The fourth-order valence-corrected chi connectivity index (χ4v) is 4.63. The maximum Gasteiger partial charge on any atom is 0.302 e. The van der Waals surface area contributed by atoms with Gasteiger partial charge in [-0.1, -0.05) is 60.6 Å². The minimum Gasteiger partial charge on any atom is -0.461 e. The van der Waals surface area contributed by atoms with Crippen LogP contribution in [0.2, 0.25) is 0 Å². The number of hydrogen-bond donors (Lipinski definition) is 0. The van der Waals surface area contributed by atoms with Gasteiger partial charge in [0.05, 0.1) is 29.2 Å². The van der Waals surface area contributed by atoms with Gasteiger partial charge in [0.1, 0.15) is 10.9 Å². The van der Waals surface area contributed by atoms with Gasteiger partial charge in [0.25, 0.3) is 0 Å². The van der Waals surface area contributed by atoms with E-state index in [9.17, 15) is 4.79 Å². The van der Waals surface area contributed by atoms with Gasteiger partial charge in [-0.05, 0) is 12.8 Å². The van der Waals surface area contributed by atoms with E-state index in [0.29, 0.717) is 6.42 Å². The van der Waals surface area contributed by atoms with E-state index < -0.39 is 0 Å². The van der Waals surface area contributed by atoms with Gasteiger partial charge in [0.15, 0.2) is 0 Å². The second kappa shape index (κ2) is 9.36. The number of halogens is 3. The third kappa shape index (κ3) is 5.20. The molecule has 0 aromatic heterocycles. The number of ether oxygens (including phenoxy) is 3. The average Bonchev–Trinajstić information content (AvgIpc) is 2.92. The Balaban J connectivity index is 2.19. The lowest BCUT2D eigenvalue weighted by molar-refractivity contribution is -0.152. The van der Waals surface area contributed by atoms with Gasteiger partial charge in [-0.25, -0.2) is 0 Å². The summed E-state index contributed by atoms with van der Waals surface area (Å²) >= 11 is 10.9. The van der Waals surface area contributed by atoms with Crippen LogP contribution in [-0.4, -0.2) is 51.0 Å². The third-order valence-corrected chi connectivity index (χ3v) is 7.55. The second-order valence-electron chi connectivity index (χ2n) is 6.29. The van der Waals surface area contributed by atoms with Crippen LogP contribution in [-0.2, 0) is 19.0 Å². The van der Waals surface area contributed by atoms with Crippen molar-refractivity contribution < 1.29 is 19.0 Å². The Hall–Kier alpha value is 0.390. The molecule has 0 amide bonds. The molecule has 0 radical (unpaired) electrons. The molecule has 0 saturated carbocycles. The van der Waals surface area contributed by atoms with Crippen molar-refractivity contribution in [1.82, 2.24) is 0 Å². The van der Waals surface area contributed by atoms with E-state index in [2.05, 4.69) is 60.6 Å². The zero-order valence-corrected chi connectivity index (χ0v) is 18.5. The maximum atomic E-state index is 11.5. The average molecular weight is 531 g/mol. The van der Waals surface area contributed by atoms with Gasteiger partial charge >= 0.3 is 5.97 Å². The van der Waals surface area contributed by atoms with Crippen molar-refractivity contribution in [2.24, 2.45) is 0 Å². The first kappa shape index (κ1) is 20.7. The highest BCUT2D eigenvalue weighted by molar-refractivity contribution is 9.10. The van der Waals surface area contributed by atoms with Crippen molar-refractivity contribution in [3.63, 3.8) is 0 Å². The Morgan fingerprint density at radius 2 is 1.88 bits per heavy atom. The summed E-state index contributed by atoms with van der Waals surface area (Å²) in [4.78, 5) is 11.6. The Bertz CT molecular complexity index is 481. The van der Waals surface area contributed by atoms with Crippen LogP contribution < -0.4 is 0 Å². The molecule has 2 aliphatic rings. The highest BCUT2D eigenvalue weighted by atomic mass is 79.9. The molecule has 136 valence electrons. The Kier molecular flexibility index (Phi) is 8.07. The minimum atomic E-state index is -0.276. The SMILES string of the molecule is C#C[C@@H](Br)[C@H]1C[C@@H]2O[C@@H]([C@@H](Br)CC)C[C@H](Br)[C@H](OC(C)=O)C[C@H]2O1. The van der Waals surface area contributed by atoms with Gasteiger partial charge < -0.3 is 14.2 Å². The normalized spacial score (nSPS) is 39.0. The molecule has 2 fully saturated rings. The van der Waals surface area contributed by atoms with Crippen LogP contribution in [0.15, 0.2) is 0 Å². The number of esters is 1. The van der Waals surface area contributed by atoms with Gasteiger partial charge in [-0.15, -0.1) is 6.42 Å². The van der Waals surface area contributed by atoms with Crippen LogP contribution in [0, 0.1) is 12.3 Å². The molecule has 0 spiro atoms. The van der Waals surface area contributed by atoms with Crippen molar-refractivity contribution in [3.8, 4) is 12.3 Å². The maximum absolute atomic E-state index is 11.5. The van der Waals surface area contributed by atoms with E-state index in [1.54, 1.807) is 0 Å². The van der Waals surface area contributed by atoms with Crippen LogP contribution >= 0.6 is 47.8 Å². The smallest absolute Gasteiger partial charge is 0.302 e. The molecule has 8 atom stereocenters. The van der Waals surface area contributed by atoms with Crippen molar-refractivity contribution >= 4 is 53.8 Å². The van der Waals surface area contributed by atoms with E-state index in [-0.39, 0.29) is 51.0 Å². The molecule has 0 aromatic carbocycles. The van der Waals surface area contributed by atoms with Gasteiger partial charge in [0, 0.05) is 24.6 Å². The number of rotatable bonds is 4. The molecule has 7 heteroatoms. The second-order valence-corrected chi connectivity index (χ2v) is 9.63. The lowest BCUT2D eigenvalue weighted by Crippen LogP contribution is -2.44.